The smallest absolute Gasteiger partial charge is 0.311 e. The first-order valence-electron chi connectivity index (χ1n) is 18.3. The maximum absolute atomic E-state index is 14.9. The average molecular weight is 725 g/mol. The van der Waals surface area contributed by atoms with Crippen LogP contribution in [-0.2, 0) is 9.59 Å². The van der Waals surface area contributed by atoms with Gasteiger partial charge >= 0.3 is 11.9 Å². The van der Waals surface area contributed by atoms with E-state index < -0.39 is 11.6 Å². The minimum absolute atomic E-state index is 0. The van der Waals surface area contributed by atoms with Gasteiger partial charge in [0.05, 0.1) is 0 Å². The van der Waals surface area contributed by atoms with E-state index in [4.69, 9.17) is 9.47 Å². The van der Waals surface area contributed by atoms with Crippen LogP contribution in [-0.4, -0.2) is 23.5 Å². The van der Waals surface area contributed by atoms with Crippen molar-refractivity contribution in [3.8, 4) is 33.8 Å². The lowest BCUT2D eigenvalue weighted by atomic mass is 9.87. The molecule has 0 amide bonds. The summed E-state index contributed by atoms with van der Waals surface area (Å²) in [7, 11) is 0. The normalized spacial score (nSPS) is 14.6. The van der Waals surface area contributed by atoms with E-state index in [-0.39, 0.29) is 42.4 Å². The van der Waals surface area contributed by atoms with Gasteiger partial charge in [0.2, 0.25) is 0 Å². The summed E-state index contributed by atoms with van der Waals surface area (Å²) in [6.45, 7) is 2.96. The first kappa shape index (κ1) is 40.8. The van der Waals surface area contributed by atoms with Crippen molar-refractivity contribution in [2.45, 2.75) is 98.3 Å². The Labute approximate surface area is 311 Å². The monoisotopic (exact) mass is 724 g/mol. The van der Waals surface area contributed by atoms with Crippen LogP contribution in [0.5, 0.6) is 11.5 Å². The fraction of sp³-hybridized carbons (Fsp3) is 0.378. The van der Waals surface area contributed by atoms with Gasteiger partial charge in [0.1, 0.15) is 11.6 Å². The molecular weight excluding hydrogens is 674 g/mol. The van der Waals surface area contributed by atoms with Crippen molar-refractivity contribution >= 4 is 23.5 Å². The molecule has 0 N–H and O–H groups in total. The Morgan fingerprint density at radius 3 is 1.66 bits per heavy atom. The van der Waals surface area contributed by atoms with E-state index in [0.29, 0.717) is 58.1 Å². The number of ketones is 2. The Morgan fingerprint density at radius 1 is 0.585 bits per heavy atom. The highest BCUT2D eigenvalue weighted by Crippen LogP contribution is 2.32. The highest BCUT2D eigenvalue weighted by atomic mass is 19.1. The zero-order valence-electron chi connectivity index (χ0n) is 29.9. The van der Waals surface area contributed by atoms with Crippen LogP contribution in [0.2, 0.25) is 0 Å². The highest BCUT2D eigenvalue weighted by molar-refractivity contribution is 5.96. The van der Waals surface area contributed by atoms with Gasteiger partial charge in [0.15, 0.2) is 23.1 Å². The number of halogens is 2. The number of rotatable bonds is 10. The number of ether oxygens (including phenoxy) is 2. The highest BCUT2D eigenvalue weighted by Gasteiger charge is 2.21. The van der Waals surface area contributed by atoms with Crippen molar-refractivity contribution in [3.05, 3.63) is 108 Å². The molecule has 0 radical (unpaired) electrons. The van der Waals surface area contributed by atoms with Crippen LogP contribution < -0.4 is 9.47 Å². The molecule has 2 aliphatic rings. The van der Waals surface area contributed by atoms with Crippen molar-refractivity contribution in [1.82, 2.24) is 0 Å². The molecule has 0 saturated heterocycles. The maximum Gasteiger partial charge on any atom is 0.311 e. The van der Waals surface area contributed by atoms with E-state index in [9.17, 15) is 28.0 Å². The van der Waals surface area contributed by atoms with Gasteiger partial charge in [-0.1, -0.05) is 94.5 Å². The van der Waals surface area contributed by atoms with Gasteiger partial charge in [-0.25, -0.2) is 8.78 Å². The fourth-order valence-corrected chi connectivity index (χ4v) is 7.02. The summed E-state index contributed by atoms with van der Waals surface area (Å²) in [5.74, 6) is -1.03. The van der Waals surface area contributed by atoms with E-state index in [1.807, 2.05) is 0 Å². The average Bonchev–Trinajstić information content (AvgIpc) is 3.13. The third-order valence-electron chi connectivity index (χ3n) is 9.83. The molecule has 0 bridgehead atoms. The molecule has 0 aromatic heterocycles. The third-order valence-corrected chi connectivity index (χ3v) is 9.83. The van der Waals surface area contributed by atoms with E-state index in [2.05, 4.69) is 0 Å². The second-order valence-corrected chi connectivity index (χ2v) is 13.9. The molecule has 0 atom stereocenters. The summed E-state index contributed by atoms with van der Waals surface area (Å²) < 4.78 is 39.6. The number of hydrogen-bond acceptors (Lipinski definition) is 6. The van der Waals surface area contributed by atoms with E-state index >= 15 is 0 Å². The lowest BCUT2D eigenvalue weighted by molar-refractivity contribution is -0.136. The molecule has 0 heterocycles. The first-order chi connectivity index (χ1) is 25.0. The SMILES string of the molecule is C.CC(=O)c1cccc(-c2cc(F)cc(OC(=O)CC3CCCCC3)c2)c1.CC(=O)c1cccc(-c2cccc(OC(=O)CC3CCCCC3)c2F)c1. The zero-order valence-corrected chi connectivity index (χ0v) is 29.9. The molecule has 280 valence electrons. The predicted molar refractivity (Wildman–Crippen MR) is 204 cm³/mol. The molecule has 2 saturated carbocycles. The molecule has 0 unspecified atom stereocenters. The Hall–Kier alpha value is -4.98. The van der Waals surface area contributed by atoms with Crippen LogP contribution >= 0.6 is 0 Å². The van der Waals surface area contributed by atoms with Crippen molar-refractivity contribution in [3.63, 3.8) is 0 Å². The summed E-state index contributed by atoms with van der Waals surface area (Å²) in [5.41, 5.74) is 3.26. The summed E-state index contributed by atoms with van der Waals surface area (Å²) in [5, 5.41) is 0. The number of esters is 2. The summed E-state index contributed by atoms with van der Waals surface area (Å²) in [6.07, 6.45) is 12.0. The minimum Gasteiger partial charge on any atom is -0.426 e. The van der Waals surface area contributed by atoms with Crippen molar-refractivity contribution in [2.75, 3.05) is 0 Å². The molecule has 8 heteroatoms. The van der Waals surface area contributed by atoms with Crippen LogP contribution in [0.4, 0.5) is 8.78 Å². The summed E-state index contributed by atoms with van der Waals surface area (Å²) in [6, 6.07) is 22.7. The molecule has 2 fully saturated rings. The fourth-order valence-electron chi connectivity index (χ4n) is 7.02. The minimum atomic E-state index is -0.579. The molecule has 4 aromatic rings. The van der Waals surface area contributed by atoms with Crippen LogP contribution in [0.25, 0.3) is 22.3 Å². The van der Waals surface area contributed by atoms with E-state index in [1.54, 1.807) is 66.7 Å². The maximum atomic E-state index is 14.9. The Bertz CT molecular complexity index is 1890. The van der Waals surface area contributed by atoms with Gasteiger partial charge in [-0.3, -0.25) is 19.2 Å². The molecule has 53 heavy (non-hydrogen) atoms. The number of Topliss-reactive ketones (excluding diaryl/α,β-unsaturated/α-hetero) is 2. The number of carbonyl (C=O) groups excluding carboxylic acids is 4. The summed E-state index contributed by atoms with van der Waals surface area (Å²) >= 11 is 0. The van der Waals surface area contributed by atoms with Gasteiger partial charge < -0.3 is 9.47 Å². The molecular formula is C45H50F2O6. The van der Waals surface area contributed by atoms with Gasteiger partial charge in [0.25, 0.3) is 0 Å². The molecule has 6 rings (SSSR count). The largest absolute Gasteiger partial charge is 0.426 e. The first-order valence-corrected chi connectivity index (χ1v) is 18.3. The Kier molecular flexibility index (Phi) is 15.2. The quantitative estimate of drug-likeness (QED) is 0.0919. The van der Waals surface area contributed by atoms with Crippen molar-refractivity contribution in [2.24, 2.45) is 11.8 Å². The van der Waals surface area contributed by atoms with Gasteiger partial charge in [0, 0.05) is 35.6 Å². The predicted octanol–water partition coefficient (Wildman–Crippen LogP) is 11.8. The number of benzene rings is 4. The van der Waals surface area contributed by atoms with Crippen LogP contribution in [0.3, 0.4) is 0 Å². The van der Waals surface area contributed by atoms with E-state index in [1.165, 1.54) is 44.9 Å². The third kappa shape index (κ3) is 12.0. The topological polar surface area (TPSA) is 86.7 Å². The molecule has 0 spiro atoms. The zero-order chi connectivity index (χ0) is 37.0. The van der Waals surface area contributed by atoms with Gasteiger partial charge in [-0.2, -0.15) is 0 Å². The van der Waals surface area contributed by atoms with Crippen molar-refractivity contribution < 1.29 is 37.4 Å². The lowest BCUT2D eigenvalue weighted by Gasteiger charge is -2.20. The van der Waals surface area contributed by atoms with Crippen LogP contribution in [0.15, 0.2) is 84.9 Å². The second-order valence-electron chi connectivity index (χ2n) is 13.9. The molecule has 6 nitrogen and oxygen atoms in total. The van der Waals surface area contributed by atoms with Crippen LogP contribution in [0, 0.1) is 23.5 Å². The van der Waals surface area contributed by atoms with E-state index in [0.717, 1.165) is 51.4 Å². The van der Waals surface area contributed by atoms with Gasteiger partial charge in [-0.15, -0.1) is 0 Å². The molecule has 2 aliphatic carbocycles. The Balaban J connectivity index is 0.000000232. The standard InChI is InChI=1S/2C22H23FO3.CH4/c1-15(24)17-9-5-10-18(14-17)19-11-6-12-20(22(19)23)26-21(25)13-16-7-3-2-4-8-16;1-15(24)17-8-5-9-18(11-17)19-12-20(23)14-21(13-19)26-22(25)10-16-6-3-2-4-7-16;/h5-6,9-12,14,16H,2-4,7-8,13H2,1H3;5,8-9,11-14,16H,2-4,6-7,10H2,1H3;1H4. The summed E-state index contributed by atoms with van der Waals surface area (Å²) in [4.78, 5) is 47.5. The Morgan fingerprint density at radius 2 is 1.09 bits per heavy atom. The second kappa shape index (κ2) is 19.7. The van der Waals surface area contributed by atoms with Gasteiger partial charge in [-0.05, 0) is 98.4 Å². The molecule has 4 aromatic carbocycles. The number of carbonyl (C=O) groups is 4. The van der Waals surface area contributed by atoms with Crippen LogP contribution in [0.1, 0.15) is 119 Å². The lowest BCUT2D eigenvalue weighted by Crippen LogP contribution is -2.16. The molecule has 0 aliphatic heterocycles. The number of hydrogen-bond donors (Lipinski definition) is 0. The van der Waals surface area contributed by atoms with Crippen molar-refractivity contribution in [1.29, 1.82) is 0 Å².